The molecule has 1 aromatic carbocycles. The monoisotopic (exact) mass is 355 g/mol. The van der Waals surface area contributed by atoms with E-state index in [2.05, 4.69) is 4.98 Å². The Labute approximate surface area is 142 Å². The van der Waals surface area contributed by atoms with E-state index in [0.29, 0.717) is 5.69 Å². The van der Waals surface area contributed by atoms with Crippen molar-refractivity contribution in [2.45, 2.75) is 25.7 Å². The zero-order valence-corrected chi connectivity index (χ0v) is 14.2. The fourth-order valence-electron chi connectivity index (χ4n) is 2.17. The van der Waals surface area contributed by atoms with Crippen LogP contribution in [0, 0.1) is 11.3 Å². The summed E-state index contributed by atoms with van der Waals surface area (Å²) in [5.41, 5.74) is 0.00862. The Kier molecular flexibility index (Phi) is 5.47. The topological polar surface area (TPSA) is 49.1 Å². The number of aromatic nitrogens is 1. The highest BCUT2D eigenvalue weighted by molar-refractivity contribution is 7.09. The molecule has 0 aliphatic carbocycles. The lowest BCUT2D eigenvalue weighted by atomic mass is 10.1. The van der Waals surface area contributed by atoms with Crippen LogP contribution in [0.5, 0.6) is 0 Å². The van der Waals surface area contributed by atoms with Gasteiger partial charge in [0.25, 0.3) is 0 Å². The summed E-state index contributed by atoms with van der Waals surface area (Å²) >= 11 is 1.40. The summed E-state index contributed by atoms with van der Waals surface area (Å²) in [6.07, 6.45) is -4.66. The molecule has 2 rings (SSSR count). The van der Waals surface area contributed by atoms with Crippen LogP contribution in [0.4, 0.5) is 18.9 Å². The van der Waals surface area contributed by atoms with E-state index < -0.39 is 11.7 Å². The summed E-state index contributed by atoms with van der Waals surface area (Å²) in [7, 11) is 3.12. The van der Waals surface area contributed by atoms with Crippen molar-refractivity contribution >= 4 is 17.0 Å². The number of rotatable bonds is 5. The van der Waals surface area contributed by atoms with Crippen molar-refractivity contribution in [3.05, 3.63) is 45.4 Å². The van der Waals surface area contributed by atoms with Gasteiger partial charge in [0.05, 0.1) is 35.1 Å². The number of hydrogen-bond acceptors (Lipinski definition) is 5. The molecule has 0 fully saturated rings. The molecule has 0 aliphatic rings. The maximum Gasteiger partial charge on any atom is 0.418 e. The second kappa shape index (κ2) is 7.20. The van der Waals surface area contributed by atoms with Crippen molar-refractivity contribution in [3.63, 3.8) is 0 Å². The van der Waals surface area contributed by atoms with Gasteiger partial charge in [-0.1, -0.05) is 0 Å². The lowest BCUT2D eigenvalue weighted by molar-refractivity contribution is -0.137. The molecule has 4 nitrogen and oxygen atoms in total. The Balaban J connectivity index is 2.30. The van der Waals surface area contributed by atoms with Gasteiger partial charge in [0.1, 0.15) is 11.1 Å². The molecular weight excluding hydrogens is 339 g/mol. The Morgan fingerprint density at radius 1 is 1.42 bits per heavy atom. The number of ether oxygens (including phenoxy) is 1. The second-order valence-corrected chi connectivity index (χ2v) is 6.14. The first-order chi connectivity index (χ1) is 11.3. The Morgan fingerprint density at radius 2 is 2.12 bits per heavy atom. The van der Waals surface area contributed by atoms with Crippen LogP contribution in [0.3, 0.4) is 0 Å². The summed E-state index contributed by atoms with van der Waals surface area (Å²) < 4.78 is 44.8. The first kappa shape index (κ1) is 18.2. The first-order valence-corrected chi connectivity index (χ1v) is 7.93. The second-order valence-electron chi connectivity index (χ2n) is 5.25. The summed E-state index contributed by atoms with van der Waals surface area (Å²) in [6.45, 7) is 2.05. The van der Waals surface area contributed by atoms with Gasteiger partial charge in [-0.25, -0.2) is 4.98 Å². The van der Waals surface area contributed by atoms with Gasteiger partial charge in [0.15, 0.2) is 0 Å². The Hall–Kier alpha value is -2.11. The molecule has 0 amide bonds. The zero-order chi connectivity index (χ0) is 17.9. The number of benzene rings is 1. The number of nitriles is 1. The lowest BCUT2D eigenvalue weighted by Crippen LogP contribution is -2.21. The molecule has 1 unspecified atom stereocenters. The molecule has 1 aromatic heterocycles. The summed E-state index contributed by atoms with van der Waals surface area (Å²) in [5.74, 6) is 0. The van der Waals surface area contributed by atoms with E-state index >= 15 is 0 Å². The average Bonchev–Trinajstić information content (AvgIpc) is 3.01. The lowest BCUT2D eigenvalue weighted by Gasteiger charge is -2.23. The molecular formula is C16H16F3N3OS. The van der Waals surface area contributed by atoms with Crippen molar-refractivity contribution in [3.8, 4) is 6.07 Å². The summed E-state index contributed by atoms with van der Waals surface area (Å²) in [6, 6.07) is 5.21. The zero-order valence-electron chi connectivity index (χ0n) is 13.4. The third-order valence-corrected chi connectivity index (χ3v) is 4.57. The minimum absolute atomic E-state index is 0.0455. The highest BCUT2D eigenvalue weighted by Crippen LogP contribution is 2.37. The minimum Gasteiger partial charge on any atom is -0.375 e. The van der Waals surface area contributed by atoms with Gasteiger partial charge >= 0.3 is 6.18 Å². The third-order valence-electron chi connectivity index (χ3n) is 3.51. The van der Waals surface area contributed by atoms with Crippen LogP contribution in [-0.2, 0) is 17.5 Å². The van der Waals surface area contributed by atoms with E-state index in [9.17, 15) is 13.2 Å². The fourth-order valence-corrected chi connectivity index (χ4v) is 3.01. The molecule has 1 heterocycles. The molecule has 0 saturated carbocycles. The van der Waals surface area contributed by atoms with Crippen LogP contribution >= 0.6 is 11.3 Å². The van der Waals surface area contributed by atoms with Gasteiger partial charge in [0.2, 0.25) is 0 Å². The van der Waals surface area contributed by atoms with Gasteiger partial charge in [-0.15, -0.1) is 11.3 Å². The maximum absolute atomic E-state index is 13.2. The molecule has 0 radical (unpaired) electrons. The van der Waals surface area contributed by atoms with Gasteiger partial charge in [0, 0.05) is 19.5 Å². The van der Waals surface area contributed by atoms with Crippen molar-refractivity contribution in [1.29, 1.82) is 5.26 Å². The van der Waals surface area contributed by atoms with Gasteiger partial charge < -0.3 is 9.64 Å². The number of methoxy groups -OCH3 is 1. The van der Waals surface area contributed by atoms with Crippen molar-refractivity contribution in [1.82, 2.24) is 4.98 Å². The molecule has 128 valence electrons. The minimum atomic E-state index is -4.49. The van der Waals surface area contributed by atoms with Gasteiger partial charge in [-0.05, 0) is 25.1 Å². The van der Waals surface area contributed by atoms with E-state index in [1.54, 1.807) is 19.5 Å². The molecule has 0 bridgehead atoms. The first-order valence-electron chi connectivity index (χ1n) is 7.05. The average molecular weight is 355 g/mol. The largest absolute Gasteiger partial charge is 0.418 e. The van der Waals surface area contributed by atoms with E-state index in [-0.39, 0.29) is 23.9 Å². The van der Waals surface area contributed by atoms with Crippen LogP contribution in [0.25, 0.3) is 0 Å². The quantitative estimate of drug-likeness (QED) is 0.799. The molecule has 0 spiro atoms. The van der Waals surface area contributed by atoms with Crippen LogP contribution in [0.15, 0.2) is 23.6 Å². The van der Waals surface area contributed by atoms with Crippen LogP contribution in [0.1, 0.15) is 34.9 Å². The predicted octanol–water partition coefficient (Wildman–Crippen LogP) is 4.38. The van der Waals surface area contributed by atoms with Crippen molar-refractivity contribution < 1.29 is 17.9 Å². The van der Waals surface area contributed by atoms with Crippen LogP contribution in [-0.4, -0.2) is 19.1 Å². The van der Waals surface area contributed by atoms with E-state index in [1.165, 1.54) is 28.4 Å². The van der Waals surface area contributed by atoms with Crippen LogP contribution < -0.4 is 4.90 Å². The van der Waals surface area contributed by atoms with E-state index in [4.69, 9.17) is 10.00 Å². The highest BCUT2D eigenvalue weighted by atomic mass is 32.1. The summed E-state index contributed by atoms with van der Waals surface area (Å²) in [5, 5.41) is 11.5. The molecule has 0 N–H and O–H groups in total. The predicted molar refractivity (Wildman–Crippen MR) is 85.8 cm³/mol. The molecule has 1 atom stereocenters. The SMILES string of the molecule is COC(C)c1nc(CN(C)c2cc(C#N)ccc2C(F)(F)F)cs1. The summed E-state index contributed by atoms with van der Waals surface area (Å²) in [4.78, 5) is 5.83. The number of hydrogen-bond donors (Lipinski definition) is 0. The molecule has 2 aromatic rings. The number of anilines is 1. The van der Waals surface area contributed by atoms with Gasteiger partial charge in [-0.3, -0.25) is 0 Å². The Bertz CT molecular complexity index is 752. The Morgan fingerprint density at radius 3 is 2.71 bits per heavy atom. The molecule has 24 heavy (non-hydrogen) atoms. The smallest absolute Gasteiger partial charge is 0.375 e. The van der Waals surface area contributed by atoms with Crippen molar-refractivity contribution in [2.75, 3.05) is 19.1 Å². The van der Waals surface area contributed by atoms with Gasteiger partial charge in [-0.2, -0.15) is 18.4 Å². The molecule has 0 saturated heterocycles. The standard InChI is InChI=1S/C16H16F3N3OS/c1-10(23-3)15-21-12(9-24-15)8-22(2)14-6-11(7-20)4-5-13(14)16(17,18)19/h4-6,9-10H,8H2,1-3H3. The third kappa shape index (κ3) is 4.04. The highest BCUT2D eigenvalue weighted by Gasteiger charge is 2.34. The van der Waals surface area contributed by atoms with Crippen molar-refractivity contribution in [2.24, 2.45) is 0 Å². The normalized spacial score (nSPS) is 12.7. The maximum atomic E-state index is 13.2. The number of halogens is 3. The number of alkyl halides is 3. The van der Waals surface area contributed by atoms with E-state index in [1.807, 2.05) is 13.0 Å². The molecule has 8 heteroatoms. The number of thiazole rings is 1. The fraction of sp³-hybridized carbons (Fsp3) is 0.375. The van der Waals surface area contributed by atoms with E-state index in [0.717, 1.165) is 11.1 Å². The molecule has 0 aliphatic heterocycles. The van der Waals surface area contributed by atoms with Crippen LogP contribution in [0.2, 0.25) is 0 Å². The number of nitrogens with zero attached hydrogens (tertiary/aromatic N) is 3.